The summed E-state index contributed by atoms with van der Waals surface area (Å²) in [5.41, 5.74) is 1.59. The number of carbonyl (C=O) groups is 1. The largest absolute Gasteiger partial charge is 0.508 e. The summed E-state index contributed by atoms with van der Waals surface area (Å²) < 4.78 is 24.8. The number of ether oxygens (including phenoxy) is 2. The zero-order valence-electron chi connectivity index (χ0n) is 16.3. The minimum atomic E-state index is -0.316. The Balaban J connectivity index is 1.76. The number of carbonyl (C=O) groups excluding carboxylic acids is 1. The van der Waals surface area contributed by atoms with Gasteiger partial charge in [-0.15, -0.1) is 0 Å². The van der Waals surface area contributed by atoms with Gasteiger partial charge in [0.1, 0.15) is 28.8 Å². The van der Waals surface area contributed by atoms with E-state index in [2.05, 4.69) is 0 Å². The van der Waals surface area contributed by atoms with Crippen molar-refractivity contribution >= 4 is 16.7 Å². The van der Waals surface area contributed by atoms with Gasteiger partial charge in [0, 0.05) is 17.4 Å². The van der Waals surface area contributed by atoms with Crippen LogP contribution in [-0.4, -0.2) is 11.1 Å². The number of hydrogen-bond donors (Lipinski definition) is 1. The second-order valence-electron chi connectivity index (χ2n) is 6.76. The lowest BCUT2D eigenvalue weighted by atomic mass is 9.99. The Labute approximate surface area is 173 Å². The van der Waals surface area contributed by atoms with Gasteiger partial charge in [-0.05, 0) is 71.6 Å². The summed E-state index contributed by atoms with van der Waals surface area (Å²) in [6, 6.07) is 21.7. The van der Waals surface area contributed by atoms with Crippen LogP contribution in [0.25, 0.3) is 21.9 Å². The first-order chi connectivity index (χ1) is 14.5. The molecule has 0 spiro atoms. The van der Waals surface area contributed by atoms with Crippen molar-refractivity contribution in [2.75, 3.05) is 0 Å². The zero-order chi connectivity index (χ0) is 21.1. The smallest absolute Gasteiger partial charge is 0.310 e. The maximum atomic E-state index is 13.4. The van der Waals surface area contributed by atoms with E-state index in [1.54, 1.807) is 61.5 Å². The number of halogens is 1. The Morgan fingerprint density at radius 1 is 0.900 bits per heavy atom. The molecule has 30 heavy (non-hydrogen) atoms. The second kappa shape index (κ2) is 8.25. The number of benzene rings is 4. The highest BCUT2D eigenvalue weighted by molar-refractivity contribution is 5.96. The number of hydrogen-bond acceptors (Lipinski definition) is 4. The van der Waals surface area contributed by atoms with Crippen molar-refractivity contribution in [1.29, 1.82) is 0 Å². The predicted octanol–water partition coefficient (Wildman–Crippen LogP) is 6.46. The van der Waals surface area contributed by atoms with E-state index in [-0.39, 0.29) is 17.5 Å². The third-order valence-electron chi connectivity index (χ3n) is 4.67. The van der Waals surface area contributed by atoms with Crippen molar-refractivity contribution < 1.29 is 23.8 Å². The van der Waals surface area contributed by atoms with Gasteiger partial charge in [0.25, 0.3) is 0 Å². The summed E-state index contributed by atoms with van der Waals surface area (Å²) in [5.74, 6) is 1.11. The van der Waals surface area contributed by atoms with Crippen LogP contribution in [0.15, 0.2) is 78.9 Å². The molecule has 0 fully saturated rings. The summed E-state index contributed by atoms with van der Waals surface area (Å²) in [4.78, 5) is 11.5. The lowest BCUT2D eigenvalue weighted by Gasteiger charge is -2.15. The van der Waals surface area contributed by atoms with E-state index in [1.807, 2.05) is 12.1 Å². The van der Waals surface area contributed by atoms with Crippen LogP contribution in [0.4, 0.5) is 4.39 Å². The molecule has 0 aromatic heterocycles. The molecule has 0 bridgehead atoms. The van der Waals surface area contributed by atoms with E-state index in [0.29, 0.717) is 23.7 Å². The topological polar surface area (TPSA) is 55.8 Å². The SMILES string of the molecule is CCC(=O)Oc1ccc(Oc2c(-c3ccc(F)cc3)ccc3cc(O)ccc23)cc1. The fourth-order valence-corrected chi connectivity index (χ4v) is 3.15. The van der Waals surface area contributed by atoms with Gasteiger partial charge in [-0.3, -0.25) is 4.79 Å². The quantitative estimate of drug-likeness (QED) is 0.307. The molecule has 5 heteroatoms. The van der Waals surface area contributed by atoms with Gasteiger partial charge in [0.2, 0.25) is 0 Å². The maximum absolute atomic E-state index is 13.4. The van der Waals surface area contributed by atoms with Crippen molar-refractivity contribution in [1.82, 2.24) is 0 Å². The molecular formula is C25H19FO4. The molecule has 0 aliphatic rings. The van der Waals surface area contributed by atoms with Crippen LogP contribution in [0.3, 0.4) is 0 Å². The van der Waals surface area contributed by atoms with Crippen LogP contribution in [-0.2, 0) is 4.79 Å². The van der Waals surface area contributed by atoms with E-state index >= 15 is 0 Å². The van der Waals surface area contributed by atoms with Crippen LogP contribution in [0, 0.1) is 5.82 Å². The van der Waals surface area contributed by atoms with Crippen molar-refractivity contribution in [3.63, 3.8) is 0 Å². The number of esters is 1. The molecule has 150 valence electrons. The molecule has 1 N–H and O–H groups in total. The summed E-state index contributed by atoms with van der Waals surface area (Å²) in [6.45, 7) is 1.73. The molecule has 4 aromatic rings. The van der Waals surface area contributed by atoms with Crippen LogP contribution in [0.5, 0.6) is 23.0 Å². The van der Waals surface area contributed by atoms with Crippen molar-refractivity contribution in [2.45, 2.75) is 13.3 Å². The van der Waals surface area contributed by atoms with E-state index in [4.69, 9.17) is 9.47 Å². The molecule has 0 aliphatic carbocycles. The fraction of sp³-hybridized carbons (Fsp3) is 0.0800. The molecule has 4 aromatic carbocycles. The third kappa shape index (κ3) is 4.10. The molecular weight excluding hydrogens is 383 g/mol. The van der Waals surface area contributed by atoms with E-state index < -0.39 is 0 Å². The Kier molecular flexibility index (Phi) is 5.35. The first-order valence-corrected chi connectivity index (χ1v) is 9.54. The molecule has 4 rings (SSSR count). The average molecular weight is 402 g/mol. The summed E-state index contributed by atoms with van der Waals surface area (Å²) >= 11 is 0. The van der Waals surface area contributed by atoms with Crippen molar-refractivity contribution in [3.8, 4) is 34.1 Å². The van der Waals surface area contributed by atoms with Gasteiger partial charge in [-0.1, -0.05) is 25.1 Å². The number of fused-ring (bicyclic) bond motifs is 1. The predicted molar refractivity (Wildman–Crippen MR) is 113 cm³/mol. The number of aromatic hydroxyl groups is 1. The molecule has 4 nitrogen and oxygen atoms in total. The van der Waals surface area contributed by atoms with Gasteiger partial charge in [0.15, 0.2) is 0 Å². The number of phenols is 1. The Morgan fingerprint density at radius 2 is 1.60 bits per heavy atom. The molecule has 0 aliphatic heterocycles. The molecule has 0 heterocycles. The molecule has 0 atom stereocenters. The highest BCUT2D eigenvalue weighted by atomic mass is 19.1. The van der Waals surface area contributed by atoms with E-state index in [9.17, 15) is 14.3 Å². The van der Waals surface area contributed by atoms with Gasteiger partial charge >= 0.3 is 5.97 Å². The first kappa shape index (κ1) is 19.5. The average Bonchev–Trinajstić information content (AvgIpc) is 2.75. The second-order valence-corrected chi connectivity index (χ2v) is 6.76. The zero-order valence-corrected chi connectivity index (χ0v) is 16.3. The summed E-state index contributed by atoms with van der Waals surface area (Å²) in [5, 5.41) is 11.4. The monoisotopic (exact) mass is 402 g/mol. The van der Waals surface area contributed by atoms with Crippen molar-refractivity contribution in [3.05, 3.63) is 84.7 Å². The van der Waals surface area contributed by atoms with Gasteiger partial charge in [-0.2, -0.15) is 0 Å². The standard InChI is InChI=1S/C25H19FO4/c1-2-24(28)29-20-9-11-21(12-10-20)30-25-22(16-3-6-18(26)7-4-16)13-5-17-15-19(27)8-14-23(17)25/h3-15,27H,2H2,1H3. The first-order valence-electron chi connectivity index (χ1n) is 9.54. The molecule has 0 saturated carbocycles. The Hall–Kier alpha value is -3.86. The minimum Gasteiger partial charge on any atom is -0.508 e. The van der Waals surface area contributed by atoms with Crippen LogP contribution in [0.1, 0.15) is 13.3 Å². The maximum Gasteiger partial charge on any atom is 0.310 e. The number of rotatable bonds is 5. The van der Waals surface area contributed by atoms with Gasteiger partial charge in [0.05, 0.1) is 0 Å². The lowest BCUT2D eigenvalue weighted by molar-refractivity contribution is -0.134. The van der Waals surface area contributed by atoms with Crippen LogP contribution >= 0.6 is 0 Å². The Morgan fingerprint density at radius 3 is 2.30 bits per heavy atom. The van der Waals surface area contributed by atoms with Crippen LogP contribution in [0.2, 0.25) is 0 Å². The summed E-state index contributed by atoms with van der Waals surface area (Å²) in [6.07, 6.45) is 0.294. The highest BCUT2D eigenvalue weighted by Crippen LogP contribution is 2.40. The lowest BCUT2D eigenvalue weighted by Crippen LogP contribution is -2.05. The van der Waals surface area contributed by atoms with E-state index in [1.165, 1.54) is 12.1 Å². The van der Waals surface area contributed by atoms with Crippen LogP contribution < -0.4 is 9.47 Å². The van der Waals surface area contributed by atoms with Gasteiger partial charge in [-0.25, -0.2) is 4.39 Å². The van der Waals surface area contributed by atoms with Gasteiger partial charge < -0.3 is 14.6 Å². The van der Waals surface area contributed by atoms with E-state index in [0.717, 1.165) is 21.9 Å². The normalized spacial score (nSPS) is 10.7. The molecule has 0 radical (unpaired) electrons. The highest BCUT2D eigenvalue weighted by Gasteiger charge is 2.13. The van der Waals surface area contributed by atoms with Crippen molar-refractivity contribution in [2.24, 2.45) is 0 Å². The Bertz CT molecular complexity index is 1200. The molecule has 0 saturated heterocycles. The number of phenolic OH excluding ortho intramolecular Hbond substituents is 1. The molecule has 0 unspecified atom stereocenters. The third-order valence-corrected chi connectivity index (χ3v) is 4.67. The fourth-order valence-electron chi connectivity index (χ4n) is 3.15. The molecule has 0 amide bonds. The summed E-state index contributed by atoms with van der Waals surface area (Å²) in [7, 11) is 0. The minimum absolute atomic E-state index is 0.157.